The van der Waals surface area contributed by atoms with Crippen LogP contribution in [0.3, 0.4) is 0 Å². The lowest BCUT2D eigenvalue weighted by atomic mass is 9.85. The SMILES string of the molecule is CC(C)(C)C(CC(F)(F)C(F)(F)F)OC(=O)C=CC(=O)O. The van der Waals surface area contributed by atoms with Crippen LogP contribution in [0, 0.1) is 5.41 Å². The van der Waals surface area contributed by atoms with Crippen molar-refractivity contribution >= 4 is 11.9 Å². The van der Waals surface area contributed by atoms with Gasteiger partial charge in [-0.15, -0.1) is 0 Å². The summed E-state index contributed by atoms with van der Waals surface area (Å²) in [4.78, 5) is 21.4. The van der Waals surface area contributed by atoms with Gasteiger partial charge in [-0.25, -0.2) is 9.59 Å². The molecule has 1 unspecified atom stereocenters. The highest BCUT2D eigenvalue weighted by Crippen LogP contribution is 2.42. The molecule has 122 valence electrons. The Hall–Kier alpha value is -1.67. The van der Waals surface area contributed by atoms with Gasteiger partial charge < -0.3 is 9.84 Å². The van der Waals surface area contributed by atoms with Gasteiger partial charge in [-0.3, -0.25) is 0 Å². The first-order chi connectivity index (χ1) is 9.17. The fraction of sp³-hybridized carbons (Fsp3) is 0.667. The molecule has 0 aromatic rings. The summed E-state index contributed by atoms with van der Waals surface area (Å²) in [6, 6.07) is 0. The fourth-order valence-corrected chi connectivity index (χ4v) is 1.19. The minimum atomic E-state index is -5.76. The van der Waals surface area contributed by atoms with Crippen LogP contribution in [-0.2, 0) is 14.3 Å². The van der Waals surface area contributed by atoms with Gasteiger partial charge in [0.2, 0.25) is 0 Å². The number of carboxylic acids is 1. The standard InChI is InChI=1S/C12H15F5O4/c1-10(2,3)7(6-11(13,14)12(15,16)17)21-9(20)5-4-8(18)19/h4-5,7H,6H2,1-3H3,(H,18,19). The second-order valence-corrected chi connectivity index (χ2v) is 5.37. The third kappa shape index (κ3) is 6.54. The largest absolute Gasteiger partial charge is 0.478 e. The Morgan fingerprint density at radius 1 is 1.10 bits per heavy atom. The molecule has 0 heterocycles. The van der Waals surface area contributed by atoms with Crippen LogP contribution < -0.4 is 0 Å². The summed E-state index contributed by atoms with van der Waals surface area (Å²) in [5, 5.41) is 8.29. The van der Waals surface area contributed by atoms with Crippen LogP contribution in [0.25, 0.3) is 0 Å². The van der Waals surface area contributed by atoms with Crippen molar-refractivity contribution in [1.29, 1.82) is 0 Å². The van der Waals surface area contributed by atoms with E-state index >= 15 is 0 Å². The number of aliphatic carboxylic acids is 1. The van der Waals surface area contributed by atoms with Crippen molar-refractivity contribution in [2.45, 2.75) is 45.4 Å². The van der Waals surface area contributed by atoms with E-state index in [1.54, 1.807) is 0 Å². The van der Waals surface area contributed by atoms with Crippen LogP contribution in [0.5, 0.6) is 0 Å². The maximum Gasteiger partial charge on any atom is 0.453 e. The van der Waals surface area contributed by atoms with Crippen molar-refractivity contribution in [3.05, 3.63) is 12.2 Å². The zero-order chi connectivity index (χ0) is 17.1. The molecular formula is C12H15F5O4. The topological polar surface area (TPSA) is 63.6 Å². The van der Waals surface area contributed by atoms with Crippen molar-refractivity contribution in [3.8, 4) is 0 Å². The van der Waals surface area contributed by atoms with E-state index in [2.05, 4.69) is 4.74 Å². The molecule has 0 aliphatic rings. The Bertz CT molecular complexity index is 420. The maximum atomic E-state index is 13.0. The molecule has 0 fully saturated rings. The molecule has 0 saturated carbocycles. The summed E-state index contributed by atoms with van der Waals surface area (Å²) < 4.78 is 67.2. The Morgan fingerprint density at radius 2 is 1.57 bits per heavy atom. The molecule has 0 aromatic carbocycles. The van der Waals surface area contributed by atoms with Crippen LogP contribution in [0.1, 0.15) is 27.2 Å². The minimum Gasteiger partial charge on any atom is -0.478 e. The van der Waals surface area contributed by atoms with Crippen LogP contribution >= 0.6 is 0 Å². The van der Waals surface area contributed by atoms with Crippen LogP contribution in [0.4, 0.5) is 22.0 Å². The number of hydrogen-bond acceptors (Lipinski definition) is 3. The predicted octanol–water partition coefficient (Wildman–Crippen LogP) is 3.17. The first kappa shape index (κ1) is 19.3. The Labute approximate surface area is 117 Å². The predicted molar refractivity (Wildman–Crippen MR) is 61.7 cm³/mol. The number of rotatable bonds is 5. The Morgan fingerprint density at radius 3 is 1.90 bits per heavy atom. The second-order valence-electron chi connectivity index (χ2n) is 5.37. The van der Waals surface area contributed by atoms with Gasteiger partial charge in [-0.05, 0) is 5.41 Å². The van der Waals surface area contributed by atoms with Gasteiger partial charge in [0.1, 0.15) is 6.10 Å². The summed E-state index contributed by atoms with van der Waals surface area (Å²) in [5.74, 6) is -7.82. The monoisotopic (exact) mass is 318 g/mol. The zero-order valence-corrected chi connectivity index (χ0v) is 11.5. The van der Waals surface area contributed by atoms with E-state index in [1.165, 1.54) is 20.8 Å². The fourth-order valence-electron chi connectivity index (χ4n) is 1.19. The molecule has 21 heavy (non-hydrogen) atoms. The third-order valence-corrected chi connectivity index (χ3v) is 2.44. The molecule has 9 heteroatoms. The molecule has 0 aromatic heterocycles. The molecule has 1 N–H and O–H groups in total. The first-order valence-electron chi connectivity index (χ1n) is 5.73. The van der Waals surface area contributed by atoms with Crippen molar-refractivity contribution in [3.63, 3.8) is 0 Å². The molecule has 0 rings (SSSR count). The molecule has 1 atom stereocenters. The molecule has 0 amide bonds. The van der Waals surface area contributed by atoms with Gasteiger partial charge in [0, 0.05) is 12.2 Å². The summed E-state index contributed by atoms with van der Waals surface area (Å²) in [5.41, 5.74) is -1.19. The summed E-state index contributed by atoms with van der Waals surface area (Å²) in [6.07, 6.45) is -8.43. The lowest BCUT2D eigenvalue weighted by Gasteiger charge is -2.33. The van der Waals surface area contributed by atoms with Gasteiger partial charge in [-0.1, -0.05) is 20.8 Å². The summed E-state index contributed by atoms with van der Waals surface area (Å²) >= 11 is 0. The number of ether oxygens (including phenoxy) is 1. The molecule has 0 spiro atoms. The number of esters is 1. The van der Waals surface area contributed by atoms with E-state index in [4.69, 9.17) is 5.11 Å². The van der Waals surface area contributed by atoms with Crippen molar-refractivity contribution < 1.29 is 41.4 Å². The van der Waals surface area contributed by atoms with Gasteiger partial charge in [-0.2, -0.15) is 22.0 Å². The van der Waals surface area contributed by atoms with Crippen LogP contribution in [0.2, 0.25) is 0 Å². The number of alkyl halides is 5. The summed E-state index contributed by atoms with van der Waals surface area (Å²) in [7, 11) is 0. The number of carboxylic acid groups (broad SMARTS) is 1. The molecule has 0 aliphatic carbocycles. The number of halogens is 5. The third-order valence-electron chi connectivity index (χ3n) is 2.44. The van der Waals surface area contributed by atoms with E-state index in [0.29, 0.717) is 12.2 Å². The highest BCUT2D eigenvalue weighted by atomic mass is 19.4. The smallest absolute Gasteiger partial charge is 0.453 e. The van der Waals surface area contributed by atoms with Crippen LogP contribution in [-0.4, -0.2) is 35.2 Å². The lowest BCUT2D eigenvalue weighted by molar-refractivity contribution is -0.293. The van der Waals surface area contributed by atoms with E-state index in [1.807, 2.05) is 0 Å². The molecule has 0 radical (unpaired) electrons. The van der Waals surface area contributed by atoms with E-state index in [-0.39, 0.29) is 0 Å². The van der Waals surface area contributed by atoms with Gasteiger partial charge in [0.05, 0.1) is 6.42 Å². The van der Waals surface area contributed by atoms with Crippen molar-refractivity contribution in [2.24, 2.45) is 5.41 Å². The molecule has 0 aliphatic heterocycles. The quantitative estimate of drug-likeness (QED) is 0.480. The number of carbonyl (C=O) groups excluding carboxylic acids is 1. The lowest BCUT2D eigenvalue weighted by Crippen LogP contribution is -2.44. The molecule has 4 nitrogen and oxygen atoms in total. The highest BCUT2D eigenvalue weighted by molar-refractivity contribution is 5.90. The molecule has 0 bridgehead atoms. The zero-order valence-electron chi connectivity index (χ0n) is 11.5. The first-order valence-corrected chi connectivity index (χ1v) is 5.73. The van der Waals surface area contributed by atoms with Gasteiger partial charge in [0.15, 0.2) is 0 Å². The highest BCUT2D eigenvalue weighted by Gasteiger charge is 2.59. The molecular weight excluding hydrogens is 303 g/mol. The van der Waals surface area contributed by atoms with Gasteiger partial charge >= 0.3 is 24.0 Å². The maximum absolute atomic E-state index is 13.0. The van der Waals surface area contributed by atoms with E-state index < -0.39 is 42.0 Å². The average molecular weight is 318 g/mol. The van der Waals surface area contributed by atoms with E-state index in [0.717, 1.165) is 0 Å². The molecule has 0 saturated heterocycles. The van der Waals surface area contributed by atoms with E-state index in [9.17, 15) is 31.5 Å². The minimum absolute atomic E-state index is 0.393. The summed E-state index contributed by atoms with van der Waals surface area (Å²) in [6.45, 7) is 3.95. The van der Waals surface area contributed by atoms with Crippen molar-refractivity contribution in [2.75, 3.05) is 0 Å². The van der Waals surface area contributed by atoms with Gasteiger partial charge in [0.25, 0.3) is 0 Å². The second kappa shape index (κ2) is 6.40. The van der Waals surface area contributed by atoms with Crippen LogP contribution in [0.15, 0.2) is 12.2 Å². The van der Waals surface area contributed by atoms with Crippen molar-refractivity contribution in [1.82, 2.24) is 0 Å². The number of hydrogen-bond donors (Lipinski definition) is 1. The normalized spacial score (nSPS) is 15.0. The Balaban J connectivity index is 5.10. The Kier molecular flexibility index (Phi) is 5.89. The average Bonchev–Trinajstić information content (AvgIpc) is 2.22. The number of carbonyl (C=O) groups is 2.